The molecule has 0 atom stereocenters. The zero-order chi connectivity index (χ0) is 16.7. The van der Waals surface area contributed by atoms with Crippen LogP contribution in [0.4, 0.5) is 9.93 Å². The molecule has 1 amide bonds. The average Bonchev–Trinajstić information content (AvgIpc) is 2.99. The van der Waals surface area contributed by atoms with Gasteiger partial charge in [-0.15, -0.1) is 11.3 Å². The summed E-state index contributed by atoms with van der Waals surface area (Å²) in [4.78, 5) is 27.0. The number of rotatable bonds is 6. The number of nitrogens with one attached hydrogen (secondary N) is 1. The van der Waals surface area contributed by atoms with Crippen molar-refractivity contribution in [3.63, 3.8) is 0 Å². The fourth-order valence-electron chi connectivity index (χ4n) is 1.81. The summed E-state index contributed by atoms with van der Waals surface area (Å²) in [6.07, 6.45) is 1.53. The maximum atomic E-state index is 11.7. The number of carbonyl (C=O) groups is 2. The first-order valence-corrected chi connectivity index (χ1v) is 7.85. The van der Waals surface area contributed by atoms with Crippen molar-refractivity contribution in [3.05, 3.63) is 53.0 Å². The largest absolute Gasteiger partial charge is 0.478 e. The maximum Gasteiger partial charge on any atom is 0.413 e. The molecule has 0 aliphatic rings. The zero-order valence-corrected chi connectivity index (χ0v) is 13.3. The van der Waals surface area contributed by atoms with Gasteiger partial charge in [-0.05, 0) is 12.0 Å². The first-order chi connectivity index (χ1) is 11.1. The molecular weight excluding hydrogens is 316 g/mol. The number of benzene rings is 1. The fourth-order valence-corrected chi connectivity index (χ4v) is 2.50. The van der Waals surface area contributed by atoms with E-state index >= 15 is 0 Å². The summed E-state index contributed by atoms with van der Waals surface area (Å²) in [7, 11) is 0. The van der Waals surface area contributed by atoms with Crippen LogP contribution in [0, 0.1) is 0 Å². The van der Waals surface area contributed by atoms with Crippen LogP contribution in [-0.2, 0) is 16.1 Å². The molecular formula is C16H16N2O4S. The van der Waals surface area contributed by atoms with E-state index < -0.39 is 12.1 Å². The number of nitrogens with zero attached hydrogens (tertiary/aromatic N) is 1. The predicted octanol–water partition coefficient (Wildman–Crippen LogP) is 3.77. The van der Waals surface area contributed by atoms with Gasteiger partial charge in [0.1, 0.15) is 6.61 Å². The van der Waals surface area contributed by atoms with E-state index in [0.717, 1.165) is 16.9 Å². The molecule has 0 aliphatic carbocycles. The van der Waals surface area contributed by atoms with Gasteiger partial charge in [-0.25, -0.2) is 14.6 Å². The zero-order valence-electron chi connectivity index (χ0n) is 12.5. The van der Waals surface area contributed by atoms with Crippen molar-refractivity contribution < 1.29 is 19.4 Å². The van der Waals surface area contributed by atoms with E-state index in [1.807, 2.05) is 37.3 Å². The summed E-state index contributed by atoms with van der Waals surface area (Å²) in [6, 6.07) is 9.30. The second kappa shape index (κ2) is 8.09. The van der Waals surface area contributed by atoms with Crippen molar-refractivity contribution in [2.75, 3.05) is 5.32 Å². The van der Waals surface area contributed by atoms with Crippen LogP contribution in [0.2, 0.25) is 0 Å². The summed E-state index contributed by atoms with van der Waals surface area (Å²) in [5.74, 6) is -1.05. The summed E-state index contributed by atoms with van der Waals surface area (Å²) in [5, 5.41) is 13.5. The van der Waals surface area contributed by atoms with Crippen molar-refractivity contribution in [1.82, 2.24) is 4.98 Å². The quantitative estimate of drug-likeness (QED) is 0.786. The van der Waals surface area contributed by atoms with E-state index in [-0.39, 0.29) is 12.2 Å². The Labute approximate surface area is 137 Å². The fraction of sp³-hybridized carbons (Fsp3) is 0.188. The summed E-state index contributed by atoms with van der Waals surface area (Å²) in [5.41, 5.74) is 1.32. The third kappa shape index (κ3) is 4.93. The number of amides is 1. The number of carboxylic acid groups (broad SMARTS) is 1. The molecule has 2 aromatic rings. The van der Waals surface area contributed by atoms with E-state index in [9.17, 15) is 9.59 Å². The predicted molar refractivity (Wildman–Crippen MR) is 88.3 cm³/mol. The second-order valence-corrected chi connectivity index (χ2v) is 5.41. The van der Waals surface area contributed by atoms with Gasteiger partial charge >= 0.3 is 12.1 Å². The molecule has 7 heteroatoms. The van der Waals surface area contributed by atoms with Gasteiger partial charge in [0.05, 0.1) is 11.3 Å². The molecule has 0 aliphatic heterocycles. The first kappa shape index (κ1) is 16.7. The van der Waals surface area contributed by atoms with Gasteiger partial charge in [-0.3, -0.25) is 5.32 Å². The molecule has 1 aromatic heterocycles. The number of thiazole rings is 1. The molecule has 0 saturated carbocycles. The third-order valence-electron chi connectivity index (χ3n) is 2.84. The van der Waals surface area contributed by atoms with Crippen LogP contribution in [0.3, 0.4) is 0 Å². The van der Waals surface area contributed by atoms with E-state index in [1.54, 1.807) is 11.5 Å². The van der Waals surface area contributed by atoms with Gasteiger partial charge in [0, 0.05) is 5.38 Å². The Balaban J connectivity index is 1.94. The lowest BCUT2D eigenvalue weighted by molar-refractivity contribution is -0.130. The summed E-state index contributed by atoms with van der Waals surface area (Å²) >= 11 is 1.14. The van der Waals surface area contributed by atoms with E-state index in [1.165, 1.54) is 0 Å². The highest BCUT2D eigenvalue weighted by molar-refractivity contribution is 7.14. The highest BCUT2D eigenvalue weighted by Crippen LogP contribution is 2.22. The molecule has 2 rings (SSSR count). The van der Waals surface area contributed by atoms with Crippen LogP contribution >= 0.6 is 11.3 Å². The topological polar surface area (TPSA) is 88.5 Å². The summed E-state index contributed by atoms with van der Waals surface area (Å²) < 4.78 is 5.08. The van der Waals surface area contributed by atoms with E-state index in [0.29, 0.717) is 17.2 Å². The Bertz CT molecular complexity index is 710. The number of carbonyl (C=O) groups excluding carboxylic acids is 1. The highest BCUT2D eigenvalue weighted by Gasteiger charge is 2.15. The molecule has 0 fully saturated rings. The molecule has 0 spiro atoms. The van der Waals surface area contributed by atoms with Gasteiger partial charge in [-0.2, -0.15) is 0 Å². The van der Waals surface area contributed by atoms with Crippen LogP contribution in [0.15, 0.2) is 41.8 Å². The van der Waals surface area contributed by atoms with Crippen molar-refractivity contribution >= 4 is 34.1 Å². The molecule has 6 nitrogen and oxygen atoms in total. The van der Waals surface area contributed by atoms with Crippen molar-refractivity contribution in [2.45, 2.75) is 20.0 Å². The number of aromatic nitrogens is 1. The number of carboxylic acids is 1. The Morgan fingerprint density at radius 1 is 1.35 bits per heavy atom. The smallest absolute Gasteiger partial charge is 0.413 e. The number of allylic oxidation sites excluding steroid dienone is 1. The van der Waals surface area contributed by atoms with Crippen molar-refractivity contribution in [2.24, 2.45) is 0 Å². The molecule has 1 aromatic carbocycles. The minimum atomic E-state index is -1.05. The van der Waals surface area contributed by atoms with E-state index in [4.69, 9.17) is 9.84 Å². The number of ether oxygens (including phenoxy) is 1. The second-order valence-electron chi connectivity index (χ2n) is 4.56. The molecule has 0 bridgehead atoms. The minimum absolute atomic E-state index is 0.120. The third-order valence-corrected chi connectivity index (χ3v) is 3.60. The Hall–Kier alpha value is -2.67. The summed E-state index contributed by atoms with van der Waals surface area (Å²) in [6.45, 7) is 2.00. The SMILES string of the molecule is CCC=C(C(=O)O)c1csc(NC(=O)OCc2ccccc2)n1. The van der Waals surface area contributed by atoms with Gasteiger partial charge < -0.3 is 9.84 Å². The lowest BCUT2D eigenvalue weighted by Crippen LogP contribution is -2.13. The standard InChI is InChI=1S/C16H16N2O4S/c1-2-6-12(14(19)20)13-10-23-15(17-13)18-16(21)22-9-11-7-4-3-5-8-11/h3-8,10H,2,9H2,1H3,(H,19,20)(H,17,18,21). The van der Waals surface area contributed by atoms with Crippen molar-refractivity contribution in [3.8, 4) is 0 Å². The van der Waals surface area contributed by atoms with Crippen LogP contribution in [0.25, 0.3) is 5.57 Å². The van der Waals surface area contributed by atoms with Crippen molar-refractivity contribution in [1.29, 1.82) is 0 Å². The minimum Gasteiger partial charge on any atom is -0.478 e. The number of anilines is 1. The van der Waals surface area contributed by atoms with Crippen LogP contribution < -0.4 is 5.32 Å². The van der Waals surface area contributed by atoms with Gasteiger partial charge in [0.15, 0.2) is 5.13 Å². The van der Waals surface area contributed by atoms with Gasteiger partial charge in [0.2, 0.25) is 0 Å². The Kier molecular flexibility index (Phi) is 5.87. The lowest BCUT2D eigenvalue weighted by Gasteiger charge is -2.04. The van der Waals surface area contributed by atoms with E-state index in [2.05, 4.69) is 10.3 Å². The average molecular weight is 332 g/mol. The number of hydrogen-bond donors (Lipinski definition) is 2. The Morgan fingerprint density at radius 2 is 2.09 bits per heavy atom. The van der Waals surface area contributed by atoms with Crippen LogP contribution in [0.1, 0.15) is 24.6 Å². The molecule has 0 saturated heterocycles. The molecule has 0 unspecified atom stereocenters. The lowest BCUT2D eigenvalue weighted by atomic mass is 10.2. The van der Waals surface area contributed by atoms with Crippen LogP contribution in [0.5, 0.6) is 0 Å². The normalized spacial score (nSPS) is 11.1. The van der Waals surface area contributed by atoms with Gasteiger partial charge in [0.25, 0.3) is 0 Å². The molecule has 2 N–H and O–H groups in total. The number of hydrogen-bond acceptors (Lipinski definition) is 5. The highest BCUT2D eigenvalue weighted by atomic mass is 32.1. The maximum absolute atomic E-state index is 11.7. The molecule has 120 valence electrons. The Morgan fingerprint density at radius 3 is 2.74 bits per heavy atom. The molecule has 0 radical (unpaired) electrons. The number of aliphatic carboxylic acids is 1. The molecule has 23 heavy (non-hydrogen) atoms. The van der Waals surface area contributed by atoms with Gasteiger partial charge in [-0.1, -0.05) is 43.3 Å². The monoisotopic (exact) mass is 332 g/mol. The molecule has 1 heterocycles. The first-order valence-electron chi connectivity index (χ1n) is 6.97. The van der Waals surface area contributed by atoms with Crippen LogP contribution in [-0.4, -0.2) is 22.2 Å².